The van der Waals surface area contributed by atoms with Crippen molar-refractivity contribution in [2.45, 2.75) is 90.3 Å². The van der Waals surface area contributed by atoms with Crippen molar-refractivity contribution in [3.63, 3.8) is 0 Å². The molecule has 0 aromatic heterocycles. The Morgan fingerprint density at radius 3 is 2.84 bits per heavy atom. The summed E-state index contributed by atoms with van der Waals surface area (Å²) >= 11 is 0. The molecule has 0 bridgehead atoms. The number of carbonyl (C=O) groups excluding carboxylic acids is 2. The molecule has 1 aliphatic carbocycles. The van der Waals surface area contributed by atoms with Gasteiger partial charge >= 0.3 is 5.97 Å². The lowest BCUT2D eigenvalue weighted by molar-refractivity contribution is -0.142. The van der Waals surface area contributed by atoms with Crippen molar-refractivity contribution >= 4 is 11.8 Å². The van der Waals surface area contributed by atoms with Crippen molar-refractivity contribution in [2.24, 2.45) is 17.8 Å². The fourth-order valence-electron chi connectivity index (χ4n) is 4.90. The molecule has 31 heavy (non-hydrogen) atoms. The number of ketones is 1. The van der Waals surface area contributed by atoms with E-state index in [1.165, 1.54) is 30.4 Å². The Hall–Kier alpha value is -1.94. The lowest BCUT2D eigenvalue weighted by atomic mass is 9.75. The zero-order valence-corrected chi connectivity index (χ0v) is 19.3. The molecule has 170 valence electrons. The summed E-state index contributed by atoms with van der Waals surface area (Å²) in [5, 5.41) is 10.4. The zero-order valence-electron chi connectivity index (χ0n) is 19.3. The van der Waals surface area contributed by atoms with Crippen LogP contribution in [0.25, 0.3) is 0 Å². The van der Waals surface area contributed by atoms with Crippen LogP contribution in [0.2, 0.25) is 0 Å². The first-order chi connectivity index (χ1) is 14.9. The number of allylic oxidation sites excluding steroid dienone is 1. The summed E-state index contributed by atoms with van der Waals surface area (Å²) in [4.78, 5) is 24.1. The highest BCUT2D eigenvalue weighted by molar-refractivity contribution is 5.89. The van der Waals surface area contributed by atoms with Gasteiger partial charge in [0, 0.05) is 18.3 Å². The van der Waals surface area contributed by atoms with Gasteiger partial charge in [-0.2, -0.15) is 0 Å². The molecule has 2 aliphatic rings. The summed E-state index contributed by atoms with van der Waals surface area (Å²) in [6.45, 7) is 6.84. The lowest BCUT2D eigenvalue weighted by Crippen LogP contribution is -2.37. The predicted molar refractivity (Wildman–Crippen MR) is 123 cm³/mol. The second-order valence-corrected chi connectivity index (χ2v) is 9.68. The smallest absolute Gasteiger partial charge is 0.306 e. The highest BCUT2D eigenvalue weighted by Crippen LogP contribution is 2.40. The Morgan fingerprint density at radius 1 is 1.26 bits per heavy atom. The molecule has 0 radical (unpaired) electrons. The number of hydrogen-bond donors (Lipinski definition) is 1. The van der Waals surface area contributed by atoms with Gasteiger partial charge in [-0.1, -0.05) is 64.0 Å². The SMILES string of the molecule is CCC(C)CCC(C)c1cccc(CCC(=O)C=CC2C(O)CCC3OC(=O)CC32)c1. The van der Waals surface area contributed by atoms with Gasteiger partial charge in [-0.15, -0.1) is 0 Å². The van der Waals surface area contributed by atoms with Gasteiger partial charge in [0.25, 0.3) is 0 Å². The summed E-state index contributed by atoms with van der Waals surface area (Å²) < 4.78 is 5.35. The number of aliphatic hydroxyl groups excluding tert-OH is 1. The molecule has 0 amide bonds. The van der Waals surface area contributed by atoms with E-state index in [4.69, 9.17) is 4.74 Å². The van der Waals surface area contributed by atoms with E-state index < -0.39 is 6.10 Å². The fraction of sp³-hybridized carbons (Fsp3) is 0.630. The third-order valence-corrected chi connectivity index (χ3v) is 7.32. The minimum atomic E-state index is -0.506. The Bertz CT molecular complexity index is 783. The van der Waals surface area contributed by atoms with E-state index in [1.807, 2.05) is 6.08 Å². The number of aliphatic hydroxyl groups is 1. The van der Waals surface area contributed by atoms with Gasteiger partial charge in [0.05, 0.1) is 12.5 Å². The number of hydrogen-bond acceptors (Lipinski definition) is 4. The van der Waals surface area contributed by atoms with Crippen LogP contribution in [0.4, 0.5) is 0 Å². The first-order valence-corrected chi connectivity index (χ1v) is 12.0. The summed E-state index contributed by atoms with van der Waals surface area (Å²) in [5.74, 6) is 0.989. The molecule has 6 unspecified atom stereocenters. The van der Waals surface area contributed by atoms with Gasteiger partial charge in [-0.25, -0.2) is 0 Å². The molecular weight excluding hydrogens is 388 g/mol. The minimum Gasteiger partial charge on any atom is -0.462 e. The highest BCUT2D eigenvalue weighted by atomic mass is 16.5. The van der Waals surface area contributed by atoms with Crippen LogP contribution >= 0.6 is 0 Å². The Morgan fingerprint density at radius 2 is 2.06 bits per heavy atom. The number of ether oxygens (including phenoxy) is 1. The standard InChI is InChI=1S/C27H38O4/c1-4-18(2)8-9-19(3)21-7-5-6-20(16-21)10-11-22(28)12-13-23-24-17-27(30)31-26(24)15-14-25(23)29/h5-7,12-13,16,18-19,23-26,29H,4,8-11,14-15,17H2,1-3H3. The maximum atomic E-state index is 12.5. The third kappa shape index (κ3) is 6.52. The van der Waals surface area contributed by atoms with Crippen LogP contribution in [0.15, 0.2) is 36.4 Å². The summed E-state index contributed by atoms with van der Waals surface area (Å²) in [6.07, 6.45) is 9.31. The molecule has 2 fully saturated rings. The van der Waals surface area contributed by atoms with Crippen LogP contribution in [-0.2, 0) is 20.7 Å². The number of carbonyl (C=O) groups is 2. The normalized spacial score (nSPS) is 27.7. The van der Waals surface area contributed by atoms with Crippen molar-refractivity contribution in [2.75, 3.05) is 0 Å². The Balaban J connectivity index is 1.52. The molecule has 4 heteroatoms. The number of fused-ring (bicyclic) bond motifs is 1. The third-order valence-electron chi connectivity index (χ3n) is 7.32. The average Bonchev–Trinajstić information content (AvgIpc) is 3.15. The molecule has 1 aromatic rings. The van der Waals surface area contributed by atoms with E-state index in [-0.39, 0.29) is 29.7 Å². The van der Waals surface area contributed by atoms with Crippen molar-refractivity contribution in [3.8, 4) is 0 Å². The van der Waals surface area contributed by atoms with E-state index in [0.29, 0.717) is 31.6 Å². The van der Waals surface area contributed by atoms with Crippen LogP contribution in [0, 0.1) is 17.8 Å². The largest absolute Gasteiger partial charge is 0.462 e. The lowest BCUT2D eigenvalue weighted by Gasteiger charge is -2.33. The number of esters is 1. The summed E-state index contributed by atoms with van der Waals surface area (Å²) in [5.41, 5.74) is 2.55. The van der Waals surface area contributed by atoms with E-state index >= 15 is 0 Å². The number of aryl methyl sites for hydroxylation is 1. The van der Waals surface area contributed by atoms with Crippen LogP contribution in [-0.4, -0.2) is 29.1 Å². The van der Waals surface area contributed by atoms with Gasteiger partial charge in [0.15, 0.2) is 5.78 Å². The average molecular weight is 427 g/mol. The van der Waals surface area contributed by atoms with Crippen LogP contribution in [0.5, 0.6) is 0 Å². The second kappa shape index (κ2) is 11.1. The van der Waals surface area contributed by atoms with E-state index in [2.05, 4.69) is 45.0 Å². The number of rotatable bonds is 10. The van der Waals surface area contributed by atoms with Crippen LogP contribution < -0.4 is 0 Å². The fourth-order valence-corrected chi connectivity index (χ4v) is 4.90. The molecule has 1 saturated carbocycles. The van der Waals surface area contributed by atoms with Crippen LogP contribution in [0.3, 0.4) is 0 Å². The Labute approximate surface area is 187 Å². The molecule has 4 nitrogen and oxygen atoms in total. The van der Waals surface area contributed by atoms with Crippen molar-refractivity contribution < 1.29 is 19.4 Å². The molecule has 6 atom stereocenters. The molecular formula is C27H38O4. The van der Waals surface area contributed by atoms with E-state index in [9.17, 15) is 14.7 Å². The monoisotopic (exact) mass is 426 g/mol. The predicted octanol–water partition coefficient (Wildman–Crippen LogP) is 5.38. The zero-order chi connectivity index (χ0) is 22.4. The van der Waals surface area contributed by atoms with E-state index in [1.54, 1.807) is 6.08 Å². The summed E-state index contributed by atoms with van der Waals surface area (Å²) in [6, 6.07) is 8.63. The molecule has 1 heterocycles. The maximum absolute atomic E-state index is 12.5. The number of benzene rings is 1. The van der Waals surface area contributed by atoms with Crippen molar-refractivity contribution in [1.82, 2.24) is 0 Å². The molecule has 1 N–H and O–H groups in total. The molecule has 1 aliphatic heterocycles. The van der Waals surface area contributed by atoms with Gasteiger partial charge in [0.2, 0.25) is 0 Å². The Kier molecular flexibility index (Phi) is 8.48. The van der Waals surface area contributed by atoms with Crippen LogP contribution in [0.1, 0.15) is 82.8 Å². The highest BCUT2D eigenvalue weighted by Gasteiger charge is 2.44. The van der Waals surface area contributed by atoms with Gasteiger partial charge in [-0.3, -0.25) is 9.59 Å². The van der Waals surface area contributed by atoms with Gasteiger partial charge in [0.1, 0.15) is 6.10 Å². The molecule has 3 rings (SSSR count). The van der Waals surface area contributed by atoms with E-state index in [0.717, 1.165) is 12.3 Å². The molecule has 1 saturated heterocycles. The van der Waals surface area contributed by atoms with Gasteiger partial charge in [-0.05, 0) is 54.7 Å². The molecule has 1 aromatic carbocycles. The maximum Gasteiger partial charge on any atom is 0.306 e. The first kappa shape index (κ1) is 23.7. The van der Waals surface area contributed by atoms with Crippen molar-refractivity contribution in [3.05, 3.63) is 47.5 Å². The minimum absolute atomic E-state index is 0.00565. The van der Waals surface area contributed by atoms with Gasteiger partial charge < -0.3 is 9.84 Å². The summed E-state index contributed by atoms with van der Waals surface area (Å²) in [7, 11) is 0. The molecule has 0 spiro atoms. The topological polar surface area (TPSA) is 63.6 Å². The quantitative estimate of drug-likeness (QED) is 0.403. The first-order valence-electron chi connectivity index (χ1n) is 12.0. The van der Waals surface area contributed by atoms with Crippen molar-refractivity contribution in [1.29, 1.82) is 0 Å². The second-order valence-electron chi connectivity index (χ2n) is 9.68.